The molecule has 1 aromatic carbocycles. The predicted octanol–water partition coefficient (Wildman–Crippen LogP) is 2.82. The van der Waals surface area contributed by atoms with Crippen molar-refractivity contribution in [1.82, 2.24) is 4.90 Å². The van der Waals surface area contributed by atoms with E-state index in [0.29, 0.717) is 5.69 Å². The zero-order valence-corrected chi connectivity index (χ0v) is 11.9. The van der Waals surface area contributed by atoms with Gasteiger partial charge in [0.25, 0.3) is 0 Å². The van der Waals surface area contributed by atoms with Crippen molar-refractivity contribution in [1.29, 1.82) is 0 Å². The molecule has 2 fully saturated rings. The van der Waals surface area contributed by atoms with E-state index in [9.17, 15) is 13.2 Å². The molecule has 1 saturated heterocycles. The number of piperazine rings is 1. The van der Waals surface area contributed by atoms with Crippen LogP contribution in [-0.2, 0) is 6.18 Å². The van der Waals surface area contributed by atoms with E-state index in [4.69, 9.17) is 5.73 Å². The van der Waals surface area contributed by atoms with Crippen molar-refractivity contribution in [3.05, 3.63) is 23.8 Å². The van der Waals surface area contributed by atoms with E-state index in [1.54, 1.807) is 6.07 Å². The lowest BCUT2D eigenvalue weighted by atomic mass is 10.1. The molecule has 6 heteroatoms. The first kappa shape index (κ1) is 14.5. The van der Waals surface area contributed by atoms with Crippen molar-refractivity contribution < 1.29 is 13.2 Å². The zero-order chi connectivity index (χ0) is 15.0. The van der Waals surface area contributed by atoms with Crippen LogP contribution in [0.25, 0.3) is 0 Å². The van der Waals surface area contributed by atoms with E-state index < -0.39 is 11.7 Å². The van der Waals surface area contributed by atoms with E-state index in [0.717, 1.165) is 44.7 Å². The molecular weight excluding hydrogens is 279 g/mol. The molecule has 2 N–H and O–H groups in total. The average molecular weight is 299 g/mol. The zero-order valence-electron chi connectivity index (χ0n) is 11.9. The van der Waals surface area contributed by atoms with E-state index in [1.165, 1.54) is 18.9 Å². The Balaban J connectivity index is 1.68. The highest BCUT2D eigenvalue weighted by Crippen LogP contribution is 2.34. The van der Waals surface area contributed by atoms with Crippen LogP contribution < -0.4 is 10.6 Å². The molecule has 1 aliphatic heterocycles. The highest BCUT2D eigenvalue weighted by Gasteiger charge is 2.32. The number of nitrogens with zero attached hydrogens (tertiary/aromatic N) is 2. The number of nitrogen functional groups attached to an aromatic ring is 1. The average Bonchev–Trinajstić information content (AvgIpc) is 3.22. The molecule has 2 aliphatic rings. The van der Waals surface area contributed by atoms with Crippen LogP contribution in [0.1, 0.15) is 18.4 Å². The first-order valence-corrected chi connectivity index (χ1v) is 7.37. The molecule has 0 bridgehead atoms. The van der Waals surface area contributed by atoms with Crippen LogP contribution in [0, 0.1) is 5.92 Å². The van der Waals surface area contributed by atoms with Gasteiger partial charge in [0, 0.05) is 44.1 Å². The van der Waals surface area contributed by atoms with Gasteiger partial charge in [-0.2, -0.15) is 13.2 Å². The molecule has 3 nitrogen and oxygen atoms in total. The van der Waals surface area contributed by atoms with Crippen LogP contribution in [0.2, 0.25) is 0 Å². The summed E-state index contributed by atoms with van der Waals surface area (Å²) >= 11 is 0. The Kier molecular flexibility index (Phi) is 3.73. The lowest BCUT2D eigenvalue weighted by molar-refractivity contribution is -0.137. The molecule has 1 heterocycles. The Morgan fingerprint density at radius 3 is 2.29 bits per heavy atom. The summed E-state index contributed by atoms with van der Waals surface area (Å²) in [6, 6.07) is 3.82. The van der Waals surface area contributed by atoms with Gasteiger partial charge in [0.2, 0.25) is 0 Å². The summed E-state index contributed by atoms with van der Waals surface area (Å²) in [5.41, 5.74) is 5.70. The largest absolute Gasteiger partial charge is 0.416 e. The first-order chi connectivity index (χ1) is 9.91. The van der Waals surface area contributed by atoms with Gasteiger partial charge in [-0.1, -0.05) is 0 Å². The smallest absolute Gasteiger partial charge is 0.399 e. The van der Waals surface area contributed by atoms with Crippen LogP contribution in [0.5, 0.6) is 0 Å². The van der Waals surface area contributed by atoms with E-state index in [1.807, 2.05) is 4.90 Å². The van der Waals surface area contributed by atoms with Gasteiger partial charge in [-0.05, 0) is 37.0 Å². The number of nitrogens with two attached hydrogens (primary N) is 1. The van der Waals surface area contributed by atoms with Gasteiger partial charge in [0.1, 0.15) is 0 Å². The Morgan fingerprint density at radius 1 is 1.05 bits per heavy atom. The minimum absolute atomic E-state index is 0.167. The second-order valence-electron chi connectivity index (χ2n) is 6.04. The molecule has 1 aliphatic carbocycles. The van der Waals surface area contributed by atoms with Crippen LogP contribution >= 0.6 is 0 Å². The molecule has 1 saturated carbocycles. The third-order valence-electron chi connectivity index (χ3n) is 4.22. The van der Waals surface area contributed by atoms with Crippen molar-refractivity contribution in [3.8, 4) is 0 Å². The molecule has 0 spiro atoms. The number of alkyl halides is 3. The molecule has 1 aromatic rings. The maximum absolute atomic E-state index is 12.8. The third-order valence-corrected chi connectivity index (χ3v) is 4.22. The van der Waals surface area contributed by atoms with E-state index in [-0.39, 0.29) is 5.69 Å². The maximum Gasteiger partial charge on any atom is 0.416 e. The molecule has 0 radical (unpaired) electrons. The third kappa shape index (κ3) is 3.61. The number of anilines is 2. The predicted molar refractivity (Wildman–Crippen MR) is 77.2 cm³/mol. The summed E-state index contributed by atoms with van der Waals surface area (Å²) in [4.78, 5) is 4.40. The molecule has 0 aromatic heterocycles. The van der Waals surface area contributed by atoms with Crippen LogP contribution in [-0.4, -0.2) is 37.6 Å². The Morgan fingerprint density at radius 2 is 1.71 bits per heavy atom. The minimum atomic E-state index is -4.35. The normalized spacial score (nSPS) is 20.8. The highest BCUT2D eigenvalue weighted by molar-refractivity contribution is 5.59. The number of hydrogen-bond donors (Lipinski definition) is 1. The lowest BCUT2D eigenvalue weighted by Crippen LogP contribution is -2.47. The number of halogens is 3. The van der Waals surface area contributed by atoms with Crippen molar-refractivity contribution in [2.45, 2.75) is 19.0 Å². The van der Waals surface area contributed by atoms with Crippen molar-refractivity contribution in [2.24, 2.45) is 5.92 Å². The molecule has 0 amide bonds. The molecule has 21 heavy (non-hydrogen) atoms. The van der Waals surface area contributed by atoms with Crippen molar-refractivity contribution in [3.63, 3.8) is 0 Å². The fourth-order valence-corrected chi connectivity index (χ4v) is 2.84. The summed E-state index contributed by atoms with van der Waals surface area (Å²) in [5.74, 6) is 0.848. The molecule has 116 valence electrons. The Bertz CT molecular complexity index is 503. The topological polar surface area (TPSA) is 32.5 Å². The summed E-state index contributed by atoms with van der Waals surface area (Å²) in [5, 5.41) is 0. The summed E-state index contributed by atoms with van der Waals surface area (Å²) in [6.07, 6.45) is -1.70. The van der Waals surface area contributed by atoms with Gasteiger partial charge in [-0.3, -0.25) is 4.90 Å². The van der Waals surface area contributed by atoms with Gasteiger partial charge in [0.15, 0.2) is 0 Å². The molecule has 0 unspecified atom stereocenters. The second-order valence-corrected chi connectivity index (χ2v) is 6.04. The molecule has 0 atom stereocenters. The van der Waals surface area contributed by atoms with Crippen molar-refractivity contribution >= 4 is 11.4 Å². The second kappa shape index (κ2) is 5.40. The van der Waals surface area contributed by atoms with Gasteiger partial charge in [-0.25, -0.2) is 0 Å². The summed E-state index contributed by atoms with van der Waals surface area (Å²) in [6.45, 7) is 4.47. The fraction of sp³-hybridized carbons (Fsp3) is 0.600. The lowest BCUT2D eigenvalue weighted by Gasteiger charge is -2.36. The van der Waals surface area contributed by atoms with Gasteiger partial charge >= 0.3 is 6.18 Å². The standard InChI is InChI=1S/C15H20F3N3/c16-15(17,18)12-7-13(19)9-14(8-12)21-5-3-20(4-6-21)10-11-1-2-11/h7-9,11H,1-6,10,19H2. The van der Waals surface area contributed by atoms with Gasteiger partial charge in [-0.15, -0.1) is 0 Å². The molecular formula is C15H20F3N3. The number of hydrogen-bond acceptors (Lipinski definition) is 3. The molecule has 3 rings (SSSR count). The van der Waals surface area contributed by atoms with Gasteiger partial charge < -0.3 is 10.6 Å². The minimum Gasteiger partial charge on any atom is -0.399 e. The van der Waals surface area contributed by atoms with Crippen molar-refractivity contribution in [2.75, 3.05) is 43.4 Å². The SMILES string of the molecule is Nc1cc(N2CCN(CC3CC3)CC2)cc(C(F)(F)F)c1. The van der Waals surface area contributed by atoms with Crippen LogP contribution in [0.3, 0.4) is 0 Å². The Hall–Kier alpha value is -1.43. The summed E-state index contributed by atoms with van der Waals surface area (Å²) in [7, 11) is 0. The highest BCUT2D eigenvalue weighted by atomic mass is 19.4. The maximum atomic E-state index is 12.8. The number of benzene rings is 1. The van der Waals surface area contributed by atoms with Crippen LogP contribution in [0.15, 0.2) is 18.2 Å². The summed E-state index contributed by atoms with van der Waals surface area (Å²) < 4.78 is 38.5. The number of rotatable bonds is 3. The first-order valence-electron chi connectivity index (χ1n) is 7.37. The Labute approximate surface area is 122 Å². The van der Waals surface area contributed by atoms with E-state index in [2.05, 4.69) is 4.90 Å². The monoisotopic (exact) mass is 299 g/mol. The van der Waals surface area contributed by atoms with Crippen LogP contribution in [0.4, 0.5) is 24.5 Å². The van der Waals surface area contributed by atoms with E-state index >= 15 is 0 Å². The fourth-order valence-electron chi connectivity index (χ4n) is 2.84. The quantitative estimate of drug-likeness (QED) is 0.871. The van der Waals surface area contributed by atoms with Gasteiger partial charge in [0.05, 0.1) is 5.56 Å².